The zero-order chi connectivity index (χ0) is 22.3. The quantitative estimate of drug-likeness (QED) is 0.643. The van der Waals surface area contributed by atoms with E-state index in [0.29, 0.717) is 18.7 Å². The number of hydrogen-bond donors (Lipinski definition) is 1. The lowest BCUT2D eigenvalue weighted by Gasteiger charge is -2.32. The van der Waals surface area contributed by atoms with Crippen molar-refractivity contribution in [1.82, 2.24) is 10.2 Å². The van der Waals surface area contributed by atoms with Crippen LogP contribution in [0, 0.1) is 0 Å². The van der Waals surface area contributed by atoms with Gasteiger partial charge in [-0.05, 0) is 35.2 Å². The smallest absolute Gasteiger partial charge is 0.253 e. The highest BCUT2D eigenvalue weighted by Gasteiger charge is 2.32. The lowest BCUT2D eigenvalue weighted by Crippen LogP contribution is -2.44. The fourth-order valence-electron chi connectivity index (χ4n) is 3.78. The molecule has 0 radical (unpaired) electrons. The Kier molecular flexibility index (Phi) is 6.66. The topological polar surface area (TPSA) is 58.6 Å². The summed E-state index contributed by atoms with van der Waals surface area (Å²) in [5, 5.41) is 3.03. The average Bonchev–Trinajstić information content (AvgIpc) is 2.83. The molecule has 3 aromatic rings. The van der Waals surface area contributed by atoms with E-state index in [1.807, 2.05) is 84.9 Å². The second-order valence-corrected chi connectivity index (χ2v) is 7.81. The van der Waals surface area contributed by atoms with Crippen LogP contribution in [0.25, 0.3) is 0 Å². The van der Waals surface area contributed by atoms with Crippen molar-refractivity contribution in [1.29, 1.82) is 0 Å². The molecule has 162 valence electrons. The lowest BCUT2D eigenvalue weighted by atomic mass is 10.0. The highest BCUT2D eigenvalue weighted by molar-refractivity contribution is 5.97. The summed E-state index contributed by atoms with van der Waals surface area (Å²) in [6.45, 7) is 4.77. The van der Waals surface area contributed by atoms with Gasteiger partial charge in [0.1, 0.15) is 18.4 Å². The molecule has 2 heterocycles. The second-order valence-electron chi connectivity index (χ2n) is 7.81. The molecule has 0 aliphatic carbocycles. The maximum atomic E-state index is 13.6. The molecule has 3 aromatic carbocycles. The van der Waals surface area contributed by atoms with Gasteiger partial charge in [-0.2, -0.15) is 0 Å². The Morgan fingerprint density at radius 2 is 1.56 bits per heavy atom. The molecule has 5 heteroatoms. The van der Waals surface area contributed by atoms with Crippen LogP contribution in [0.1, 0.15) is 22.7 Å². The van der Waals surface area contributed by atoms with Gasteiger partial charge in [-0.25, -0.2) is 0 Å². The van der Waals surface area contributed by atoms with Crippen LogP contribution < -0.4 is 10.1 Å². The molecule has 0 spiro atoms. The molecule has 1 atom stereocenters. The van der Waals surface area contributed by atoms with E-state index in [9.17, 15) is 9.59 Å². The Balaban J connectivity index is 1.73. The summed E-state index contributed by atoms with van der Waals surface area (Å²) < 4.78 is 5.81. The molecule has 2 aliphatic heterocycles. The van der Waals surface area contributed by atoms with Crippen molar-refractivity contribution in [2.24, 2.45) is 0 Å². The van der Waals surface area contributed by atoms with Gasteiger partial charge in [0.05, 0.1) is 0 Å². The van der Waals surface area contributed by atoms with E-state index in [2.05, 4.69) is 11.9 Å². The maximum absolute atomic E-state index is 13.6. The first kappa shape index (κ1) is 21.4. The van der Waals surface area contributed by atoms with E-state index in [1.54, 1.807) is 4.90 Å². The fraction of sp³-hybridized carbons (Fsp3) is 0.185. The maximum Gasteiger partial charge on any atom is 0.253 e. The normalized spacial score (nSPS) is 17.4. The number of nitrogens with zero attached hydrogens (tertiary/aromatic N) is 1. The third-order valence-electron chi connectivity index (χ3n) is 5.48. The number of fused-ring (bicyclic) bond motifs is 11. The molecule has 0 saturated carbocycles. The van der Waals surface area contributed by atoms with Crippen LogP contribution >= 0.6 is 0 Å². The van der Waals surface area contributed by atoms with Crippen LogP contribution in [0.4, 0.5) is 0 Å². The monoisotopic (exact) mass is 426 g/mol. The van der Waals surface area contributed by atoms with Crippen molar-refractivity contribution in [2.75, 3.05) is 13.2 Å². The molecule has 2 bridgehead atoms. The predicted octanol–water partition coefficient (Wildman–Crippen LogP) is 4.06. The number of hydrogen-bond acceptors (Lipinski definition) is 3. The number of nitrogens with one attached hydrogen (secondary N) is 1. The van der Waals surface area contributed by atoms with Crippen LogP contribution in [-0.2, 0) is 22.6 Å². The number of amides is 2. The average molecular weight is 427 g/mol. The number of carbonyl (C=O) groups excluding carboxylic acids is 2. The predicted molar refractivity (Wildman–Crippen MR) is 124 cm³/mol. The number of rotatable bonds is 3. The third-order valence-corrected chi connectivity index (χ3v) is 5.48. The van der Waals surface area contributed by atoms with Gasteiger partial charge in [0.2, 0.25) is 5.91 Å². The highest BCUT2D eigenvalue weighted by atomic mass is 16.5. The van der Waals surface area contributed by atoms with E-state index in [0.717, 1.165) is 16.7 Å². The zero-order valence-corrected chi connectivity index (χ0v) is 17.9. The van der Waals surface area contributed by atoms with E-state index in [-0.39, 0.29) is 30.5 Å². The molecule has 0 saturated heterocycles. The standard InChI is InChI=1S/C27H26N2O3/c1-20-19-32-24-14-12-21(13-15-24)16-17-28-26(30)25(23-10-6-3-7-11-23)29(27(20)31)18-22-8-4-2-5-9-22/h2-15,25H,1,16-19H2,(H,28,30). The van der Waals surface area contributed by atoms with Crippen LogP contribution in [-0.4, -0.2) is 29.9 Å². The molecule has 32 heavy (non-hydrogen) atoms. The summed E-state index contributed by atoms with van der Waals surface area (Å²) >= 11 is 0. The molecule has 2 aliphatic rings. The summed E-state index contributed by atoms with van der Waals surface area (Å²) in [7, 11) is 0. The molecule has 1 unspecified atom stereocenters. The Labute approximate surface area is 188 Å². The van der Waals surface area contributed by atoms with Crippen LogP contribution in [0.15, 0.2) is 97.1 Å². The van der Waals surface area contributed by atoms with Gasteiger partial charge in [0, 0.05) is 18.7 Å². The van der Waals surface area contributed by atoms with Gasteiger partial charge >= 0.3 is 0 Å². The van der Waals surface area contributed by atoms with E-state index < -0.39 is 6.04 Å². The Morgan fingerprint density at radius 3 is 2.25 bits per heavy atom. The van der Waals surface area contributed by atoms with Crippen molar-refractivity contribution in [3.63, 3.8) is 0 Å². The summed E-state index contributed by atoms with van der Waals surface area (Å²) in [5.74, 6) is 0.146. The molecule has 1 N–H and O–H groups in total. The molecule has 5 nitrogen and oxygen atoms in total. The Bertz CT molecular complexity index is 1080. The number of carbonyl (C=O) groups is 2. The van der Waals surface area contributed by atoms with Crippen molar-refractivity contribution >= 4 is 11.8 Å². The fourth-order valence-corrected chi connectivity index (χ4v) is 3.78. The van der Waals surface area contributed by atoms with E-state index in [1.165, 1.54) is 0 Å². The molecule has 0 fully saturated rings. The van der Waals surface area contributed by atoms with E-state index in [4.69, 9.17) is 4.74 Å². The zero-order valence-electron chi connectivity index (χ0n) is 17.9. The number of ether oxygens (including phenoxy) is 1. The molecular formula is C27H26N2O3. The first-order valence-electron chi connectivity index (χ1n) is 10.7. The first-order chi connectivity index (χ1) is 15.6. The summed E-state index contributed by atoms with van der Waals surface area (Å²) in [6, 6.07) is 25.9. The summed E-state index contributed by atoms with van der Waals surface area (Å²) in [4.78, 5) is 28.6. The van der Waals surface area contributed by atoms with Gasteiger partial charge in [-0.3, -0.25) is 9.59 Å². The van der Waals surface area contributed by atoms with Gasteiger partial charge < -0.3 is 15.0 Å². The van der Waals surface area contributed by atoms with Gasteiger partial charge in [0.25, 0.3) is 5.91 Å². The largest absolute Gasteiger partial charge is 0.489 e. The Morgan fingerprint density at radius 1 is 0.906 bits per heavy atom. The van der Waals surface area contributed by atoms with E-state index >= 15 is 0 Å². The minimum Gasteiger partial charge on any atom is -0.489 e. The number of benzene rings is 3. The van der Waals surface area contributed by atoms with Gasteiger partial charge in [-0.1, -0.05) is 79.4 Å². The third kappa shape index (κ3) is 5.06. The summed E-state index contributed by atoms with van der Waals surface area (Å²) in [6.07, 6.45) is 0.687. The SMILES string of the molecule is C=C1COc2ccc(cc2)CCNC(=O)C(c2ccccc2)N(Cc2ccccc2)C1=O. The first-order valence-corrected chi connectivity index (χ1v) is 10.7. The summed E-state index contributed by atoms with van der Waals surface area (Å²) in [5.41, 5.74) is 3.07. The Hall–Kier alpha value is -3.86. The van der Waals surface area contributed by atoms with Crippen LogP contribution in [0.5, 0.6) is 5.75 Å². The molecular weight excluding hydrogens is 400 g/mol. The lowest BCUT2D eigenvalue weighted by molar-refractivity contribution is -0.139. The van der Waals surface area contributed by atoms with Crippen molar-refractivity contribution < 1.29 is 14.3 Å². The van der Waals surface area contributed by atoms with Crippen molar-refractivity contribution in [3.05, 3.63) is 114 Å². The van der Waals surface area contributed by atoms with Crippen LogP contribution in [0.2, 0.25) is 0 Å². The minimum atomic E-state index is -0.787. The van der Waals surface area contributed by atoms with Crippen molar-refractivity contribution in [3.8, 4) is 5.75 Å². The second kappa shape index (κ2) is 9.96. The van der Waals surface area contributed by atoms with Crippen LogP contribution in [0.3, 0.4) is 0 Å². The van der Waals surface area contributed by atoms with Gasteiger partial charge in [-0.15, -0.1) is 0 Å². The van der Waals surface area contributed by atoms with Gasteiger partial charge in [0.15, 0.2) is 0 Å². The molecule has 0 aromatic heterocycles. The van der Waals surface area contributed by atoms with Crippen molar-refractivity contribution in [2.45, 2.75) is 19.0 Å². The highest BCUT2D eigenvalue weighted by Crippen LogP contribution is 2.26. The minimum absolute atomic E-state index is 0.0482. The molecule has 2 amide bonds. The molecule has 5 rings (SSSR count).